The Morgan fingerprint density at radius 2 is 2.19 bits per heavy atom. The van der Waals surface area contributed by atoms with Gasteiger partial charge in [-0.2, -0.15) is 5.10 Å². The predicted molar refractivity (Wildman–Crippen MR) is 76.8 cm³/mol. The molecule has 3 rings (SSSR count). The van der Waals surface area contributed by atoms with Crippen molar-refractivity contribution in [1.82, 2.24) is 9.78 Å². The highest BCUT2D eigenvalue weighted by atomic mass is 16.5. The fraction of sp³-hybridized carbons (Fsp3) is 0.312. The molecule has 0 radical (unpaired) electrons. The Morgan fingerprint density at radius 3 is 2.81 bits per heavy atom. The fourth-order valence-electron chi connectivity index (χ4n) is 2.83. The van der Waals surface area contributed by atoms with Crippen LogP contribution in [-0.4, -0.2) is 28.5 Å². The molecule has 0 N–H and O–H groups in total. The van der Waals surface area contributed by atoms with Crippen molar-refractivity contribution >= 4 is 11.6 Å². The van der Waals surface area contributed by atoms with Crippen LogP contribution >= 0.6 is 0 Å². The molecule has 0 saturated carbocycles. The SMILES string of the molecule is COc1ccc2c(c1)C(=O)C(C(=O)c1cn(C)nc1C)C2. The Hall–Kier alpha value is -2.43. The number of carbonyl (C=O) groups is 2. The van der Waals surface area contributed by atoms with E-state index in [4.69, 9.17) is 4.74 Å². The third-order valence-corrected chi connectivity index (χ3v) is 3.92. The third kappa shape index (κ3) is 2.14. The Morgan fingerprint density at radius 1 is 1.43 bits per heavy atom. The molecule has 1 heterocycles. The van der Waals surface area contributed by atoms with Crippen LogP contribution in [0, 0.1) is 12.8 Å². The van der Waals surface area contributed by atoms with Crippen LogP contribution in [-0.2, 0) is 13.5 Å². The van der Waals surface area contributed by atoms with Crippen LogP contribution in [0.3, 0.4) is 0 Å². The van der Waals surface area contributed by atoms with Gasteiger partial charge in [0, 0.05) is 18.8 Å². The maximum absolute atomic E-state index is 12.6. The number of hydrogen-bond acceptors (Lipinski definition) is 4. The minimum absolute atomic E-state index is 0.128. The topological polar surface area (TPSA) is 61.2 Å². The molecular weight excluding hydrogens is 268 g/mol. The normalized spacial score (nSPS) is 16.9. The number of Topliss-reactive ketones (excluding diaryl/α,β-unsaturated/α-hetero) is 2. The molecule has 21 heavy (non-hydrogen) atoms. The third-order valence-electron chi connectivity index (χ3n) is 3.92. The number of carbonyl (C=O) groups excluding carboxylic acids is 2. The molecule has 0 spiro atoms. The molecule has 1 aromatic heterocycles. The molecule has 1 aliphatic rings. The average Bonchev–Trinajstić information content (AvgIpc) is 2.98. The van der Waals surface area contributed by atoms with E-state index in [2.05, 4.69) is 5.10 Å². The summed E-state index contributed by atoms with van der Waals surface area (Å²) in [6.07, 6.45) is 2.12. The van der Waals surface area contributed by atoms with Crippen LogP contribution in [0.15, 0.2) is 24.4 Å². The molecule has 2 aromatic rings. The van der Waals surface area contributed by atoms with Gasteiger partial charge in [0.05, 0.1) is 24.3 Å². The van der Waals surface area contributed by atoms with Crippen molar-refractivity contribution < 1.29 is 14.3 Å². The predicted octanol–water partition coefficient (Wildman–Crippen LogP) is 1.98. The molecule has 108 valence electrons. The number of ketones is 2. The molecule has 0 amide bonds. The van der Waals surface area contributed by atoms with Gasteiger partial charge in [-0.15, -0.1) is 0 Å². The van der Waals surface area contributed by atoms with Gasteiger partial charge >= 0.3 is 0 Å². The number of benzene rings is 1. The van der Waals surface area contributed by atoms with Crippen molar-refractivity contribution in [3.8, 4) is 5.75 Å². The van der Waals surface area contributed by atoms with Gasteiger partial charge in [-0.05, 0) is 31.0 Å². The molecular formula is C16H16N2O3. The van der Waals surface area contributed by atoms with Gasteiger partial charge in [-0.25, -0.2) is 0 Å². The molecule has 5 heteroatoms. The van der Waals surface area contributed by atoms with Crippen molar-refractivity contribution in [2.45, 2.75) is 13.3 Å². The first-order valence-corrected chi connectivity index (χ1v) is 6.77. The lowest BCUT2D eigenvalue weighted by Gasteiger charge is -2.05. The Balaban J connectivity index is 1.94. The van der Waals surface area contributed by atoms with E-state index in [0.29, 0.717) is 29.0 Å². The first-order chi connectivity index (χ1) is 10.0. The maximum atomic E-state index is 12.6. The lowest BCUT2D eigenvalue weighted by Crippen LogP contribution is -2.21. The highest BCUT2D eigenvalue weighted by Crippen LogP contribution is 2.32. The van der Waals surface area contributed by atoms with Gasteiger partial charge in [0.2, 0.25) is 0 Å². The van der Waals surface area contributed by atoms with E-state index < -0.39 is 5.92 Å². The van der Waals surface area contributed by atoms with Gasteiger partial charge in [-0.3, -0.25) is 14.3 Å². The molecule has 5 nitrogen and oxygen atoms in total. The summed E-state index contributed by atoms with van der Waals surface area (Å²) in [6, 6.07) is 5.38. The summed E-state index contributed by atoms with van der Waals surface area (Å²) < 4.78 is 6.74. The van der Waals surface area contributed by atoms with Crippen molar-refractivity contribution in [2.75, 3.05) is 7.11 Å². The number of aromatic nitrogens is 2. The summed E-state index contributed by atoms with van der Waals surface area (Å²) in [6.45, 7) is 1.78. The molecule has 0 saturated heterocycles. The lowest BCUT2D eigenvalue weighted by molar-refractivity contribution is 0.0822. The van der Waals surface area contributed by atoms with E-state index in [1.54, 1.807) is 38.0 Å². The smallest absolute Gasteiger partial charge is 0.177 e. The highest BCUT2D eigenvalue weighted by molar-refractivity contribution is 6.19. The number of methoxy groups -OCH3 is 1. The Labute approximate surface area is 122 Å². The van der Waals surface area contributed by atoms with Gasteiger partial charge in [0.15, 0.2) is 11.6 Å². The first-order valence-electron chi connectivity index (χ1n) is 6.77. The van der Waals surface area contributed by atoms with E-state index in [1.165, 1.54) is 0 Å². The zero-order chi connectivity index (χ0) is 15.1. The molecule has 1 aliphatic carbocycles. The Bertz CT molecular complexity index is 746. The van der Waals surface area contributed by atoms with Crippen LogP contribution in [0.4, 0.5) is 0 Å². The quantitative estimate of drug-likeness (QED) is 0.638. The summed E-state index contributed by atoms with van der Waals surface area (Å²) >= 11 is 0. The molecule has 1 unspecified atom stereocenters. The van der Waals surface area contributed by atoms with E-state index in [-0.39, 0.29) is 11.6 Å². The summed E-state index contributed by atoms with van der Waals surface area (Å²) in [7, 11) is 3.32. The number of rotatable bonds is 3. The van der Waals surface area contributed by atoms with Crippen LogP contribution in [0.5, 0.6) is 5.75 Å². The number of fused-ring (bicyclic) bond motifs is 1. The van der Waals surface area contributed by atoms with Gasteiger partial charge in [0.25, 0.3) is 0 Å². The second-order valence-electron chi connectivity index (χ2n) is 5.31. The molecule has 0 fully saturated rings. The van der Waals surface area contributed by atoms with Gasteiger partial charge in [0.1, 0.15) is 5.75 Å². The minimum atomic E-state index is -0.644. The molecule has 0 bridgehead atoms. The maximum Gasteiger partial charge on any atom is 0.177 e. The first kappa shape index (κ1) is 13.5. The number of hydrogen-bond donors (Lipinski definition) is 0. The lowest BCUT2D eigenvalue weighted by atomic mass is 9.94. The Kier molecular flexibility index (Phi) is 3.12. The van der Waals surface area contributed by atoms with Gasteiger partial charge in [-0.1, -0.05) is 6.07 Å². The van der Waals surface area contributed by atoms with E-state index in [1.807, 2.05) is 12.1 Å². The monoisotopic (exact) mass is 284 g/mol. The van der Waals surface area contributed by atoms with E-state index >= 15 is 0 Å². The second kappa shape index (κ2) is 4.84. The van der Waals surface area contributed by atoms with Gasteiger partial charge < -0.3 is 4.74 Å². The van der Waals surface area contributed by atoms with Crippen LogP contribution in [0.1, 0.15) is 32.0 Å². The van der Waals surface area contributed by atoms with E-state index in [0.717, 1.165) is 5.56 Å². The van der Waals surface area contributed by atoms with Crippen molar-refractivity contribution in [2.24, 2.45) is 13.0 Å². The fourth-order valence-corrected chi connectivity index (χ4v) is 2.83. The summed E-state index contributed by atoms with van der Waals surface area (Å²) in [4.78, 5) is 25.1. The zero-order valence-corrected chi connectivity index (χ0v) is 12.2. The van der Waals surface area contributed by atoms with E-state index in [9.17, 15) is 9.59 Å². The van der Waals surface area contributed by atoms with Crippen molar-refractivity contribution in [3.05, 3.63) is 46.8 Å². The summed E-state index contributed by atoms with van der Waals surface area (Å²) in [5, 5.41) is 4.17. The van der Waals surface area contributed by atoms with Crippen molar-refractivity contribution in [1.29, 1.82) is 0 Å². The largest absolute Gasteiger partial charge is 0.497 e. The molecule has 0 aliphatic heterocycles. The number of nitrogens with zero attached hydrogens (tertiary/aromatic N) is 2. The van der Waals surface area contributed by atoms with Crippen LogP contribution in [0.2, 0.25) is 0 Å². The highest BCUT2D eigenvalue weighted by Gasteiger charge is 2.37. The minimum Gasteiger partial charge on any atom is -0.497 e. The van der Waals surface area contributed by atoms with Crippen LogP contribution < -0.4 is 4.74 Å². The summed E-state index contributed by atoms with van der Waals surface area (Å²) in [5.41, 5.74) is 2.68. The zero-order valence-electron chi connectivity index (χ0n) is 12.2. The number of aryl methyl sites for hydroxylation is 2. The number of ether oxygens (including phenoxy) is 1. The molecule has 1 atom stereocenters. The average molecular weight is 284 g/mol. The second-order valence-corrected chi connectivity index (χ2v) is 5.31. The van der Waals surface area contributed by atoms with Crippen molar-refractivity contribution in [3.63, 3.8) is 0 Å². The molecule has 1 aromatic carbocycles. The summed E-state index contributed by atoms with van der Waals surface area (Å²) in [5.74, 6) is -0.291. The standard InChI is InChI=1S/C16H16N2O3/c1-9-14(8-18(2)17-9)16(20)13-6-10-4-5-11(21-3)7-12(10)15(13)19/h4-5,7-8,13H,6H2,1-3H3. The van der Waals surface area contributed by atoms with Crippen LogP contribution in [0.25, 0.3) is 0 Å².